The van der Waals surface area contributed by atoms with Gasteiger partial charge >= 0.3 is 6.09 Å². The molecular weight excluding hydrogens is 172 g/mol. The molecule has 1 heterocycles. The van der Waals surface area contributed by atoms with Crippen LogP contribution in [0.4, 0.5) is 4.79 Å². The van der Waals surface area contributed by atoms with E-state index in [2.05, 4.69) is 5.32 Å². The number of amides is 2. The highest BCUT2D eigenvalue weighted by molar-refractivity contribution is 5.80. The minimum Gasteiger partial charge on any atom is -0.323 e. The Morgan fingerprint density at radius 2 is 2.23 bits per heavy atom. The number of nitrogens with zero attached hydrogens (tertiary/aromatic N) is 1. The zero-order valence-electron chi connectivity index (χ0n) is 8.09. The maximum atomic E-state index is 11.3. The zero-order valence-corrected chi connectivity index (χ0v) is 8.09. The number of hydrogen-bond acceptors (Lipinski definition) is 3. The summed E-state index contributed by atoms with van der Waals surface area (Å²) in [6.07, 6.45) is 0.538. The van der Waals surface area contributed by atoms with Crippen molar-refractivity contribution in [1.29, 1.82) is 0 Å². The molecule has 0 radical (unpaired) electrons. The second-order valence-electron chi connectivity index (χ2n) is 3.63. The summed E-state index contributed by atoms with van der Waals surface area (Å²) in [5.74, 6) is -0.145. The normalized spacial score (nSPS) is 20.2. The first kappa shape index (κ1) is 9.83. The van der Waals surface area contributed by atoms with E-state index in [1.54, 1.807) is 0 Å². The molecule has 1 N–H and O–H groups in total. The molecule has 1 fully saturated rings. The maximum absolute atomic E-state index is 11.3. The lowest BCUT2D eigenvalue weighted by atomic mass is 10.0. The van der Waals surface area contributed by atoms with Crippen molar-refractivity contribution in [1.82, 2.24) is 10.4 Å². The smallest absolute Gasteiger partial charge is 0.323 e. The largest absolute Gasteiger partial charge is 0.431 e. The predicted octanol–water partition coefficient (Wildman–Crippen LogP) is 0.658. The van der Waals surface area contributed by atoms with Crippen LogP contribution in [0, 0.1) is 0 Å². The Bertz CT molecular complexity index is 238. The highest BCUT2D eigenvalue weighted by Crippen LogP contribution is 2.29. The number of hydrogen-bond donors (Lipinski definition) is 1. The van der Waals surface area contributed by atoms with E-state index < -0.39 is 6.09 Å². The molecule has 1 saturated heterocycles. The van der Waals surface area contributed by atoms with Crippen molar-refractivity contribution in [3.8, 4) is 0 Å². The van der Waals surface area contributed by atoms with Crippen LogP contribution in [-0.4, -0.2) is 29.7 Å². The Morgan fingerprint density at radius 3 is 2.62 bits per heavy atom. The van der Waals surface area contributed by atoms with Crippen LogP contribution < -0.4 is 5.32 Å². The molecule has 0 aromatic heterocycles. The molecule has 0 aliphatic carbocycles. The Hall–Kier alpha value is -1.26. The van der Waals surface area contributed by atoms with Gasteiger partial charge in [0, 0.05) is 13.5 Å². The molecule has 1 aliphatic heterocycles. The number of rotatable bonds is 1. The first-order chi connectivity index (χ1) is 5.97. The Kier molecular flexibility index (Phi) is 2.45. The topological polar surface area (TPSA) is 58.6 Å². The van der Waals surface area contributed by atoms with E-state index in [9.17, 15) is 9.59 Å². The molecule has 0 aromatic carbocycles. The molecule has 0 unspecified atom stereocenters. The molecular formula is C8H14N2O3. The van der Waals surface area contributed by atoms with Gasteiger partial charge in [0.05, 0.1) is 5.54 Å². The van der Waals surface area contributed by atoms with E-state index in [-0.39, 0.29) is 11.4 Å². The van der Waals surface area contributed by atoms with Crippen LogP contribution >= 0.6 is 0 Å². The van der Waals surface area contributed by atoms with E-state index in [4.69, 9.17) is 4.84 Å². The Balaban J connectivity index is 2.66. The lowest BCUT2D eigenvalue weighted by Gasteiger charge is -2.28. The standard InChI is InChI=1S/C8H14N2O3/c1-8(2)5-4-6(11)10(8)13-7(12)9-3/h4-5H2,1-3H3,(H,9,12). The predicted molar refractivity (Wildman–Crippen MR) is 45.7 cm³/mol. The molecule has 0 aromatic rings. The van der Waals surface area contributed by atoms with Crippen molar-refractivity contribution in [3.63, 3.8) is 0 Å². The quantitative estimate of drug-likeness (QED) is 0.654. The SMILES string of the molecule is CNC(=O)ON1C(=O)CCC1(C)C. The van der Waals surface area contributed by atoms with Gasteiger partial charge in [-0.05, 0) is 20.3 Å². The average molecular weight is 186 g/mol. The van der Waals surface area contributed by atoms with E-state index in [0.717, 1.165) is 5.06 Å². The molecule has 1 rings (SSSR count). The lowest BCUT2D eigenvalue weighted by Crippen LogP contribution is -2.43. The Labute approximate surface area is 77.0 Å². The van der Waals surface area contributed by atoms with Crippen LogP contribution in [0.5, 0.6) is 0 Å². The van der Waals surface area contributed by atoms with Crippen molar-refractivity contribution >= 4 is 12.0 Å². The third-order valence-corrected chi connectivity index (χ3v) is 2.11. The number of carbonyl (C=O) groups is 2. The van der Waals surface area contributed by atoms with Crippen LogP contribution in [0.15, 0.2) is 0 Å². The summed E-state index contributed by atoms with van der Waals surface area (Å²) in [5.41, 5.74) is -0.385. The minimum absolute atomic E-state index is 0.145. The van der Waals surface area contributed by atoms with Crippen LogP contribution in [0.3, 0.4) is 0 Å². The first-order valence-corrected chi connectivity index (χ1v) is 4.20. The highest BCUT2D eigenvalue weighted by Gasteiger charge is 2.40. The van der Waals surface area contributed by atoms with E-state index in [1.165, 1.54) is 7.05 Å². The molecule has 0 saturated carbocycles. The van der Waals surface area contributed by atoms with Gasteiger partial charge in [0.2, 0.25) is 0 Å². The van der Waals surface area contributed by atoms with Crippen molar-refractivity contribution in [2.24, 2.45) is 0 Å². The summed E-state index contributed by atoms with van der Waals surface area (Å²) in [5, 5.41) is 3.44. The average Bonchev–Trinajstić information content (AvgIpc) is 2.31. The van der Waals surface area contributed by atoms with Gasteiger partial charge in [-0.15, -0.1) is 0 Å². The van der Waals surface area contributed by atoms with Gasteiger partial charge in [-0.1, -0.05) is 0 Å². The number of hydroxylamine groups is 2. The van der Waals surface area contributed by atoms with Gasteiger partial charge in [-0.2, -0.15) is 5.06 Å². The van der Waals surface area contributed by atoms with Crippen molar-refractivity contribution in [2.75, 3.05) is 7.05 Å². The molecule has 5 nitrogen and oxygen atoms in total. The molecule has 0 spiro atoms. The third-order valence-electron chi connectivity index (χ3n) is 2.11. The van der Waals surface area contributed by atoms with Gasteiger partial charge in [-0.25, -0.2) is 4.79 Å². The molecule has 0 atom stereocenters. The zero-order chi connectivity index (χ0) is 10.1. The van der Waals surface area contributed by atoms with Gasteiger partial charge < -0.3 is 10.2 Å². The van der Waals surface area contributed by atoms with Crippen LogP contribution in [0.1, 0.15) is 26.7 Å². The monoisotopic (exact) mass is 186 g/mol. The number of nitrogens with one attached hydrogen (secondary N) is 1. The second kappa shape index (κ2) is 3.24. The van der Waals surface area contributed by atoms with E-state index in [1.807, 2.05) is 13.8 Å². The maximum Gasteiger partial charge on any atom is 0.431 e. The summed E-state index contributed by atoms with van der Waals surface area (Å²) in [6, 6.07) is 0. The third kappa shape index (κ3) is 1.91. The molecule has 74 valence electrons. The fraction of sp³-hybridized carbons (Fsp3) is 0.750. The van der Waals surface area contributed by atoms with Crippen molar-refractivity contribution < 1.29 is 14.4 Å². The fourth-order valence-electron chi connectivity index (χ4n) is 1.26. The molecule has 13 heavy (non-hydrogen) atoms. The molecule has 1 aliphatic rings. The summed E-state index contributed by atoms with van der Waals surface area (Å²) in [6.45, 7) is 3.72. The molecule has 0 bridgehead atoms. The van der Waals surface area contributed by atoms with Gasteiger partial charge in [0.25, 0.3) is 5.91 Å². The van der Waals surface area contributed by atoms with Crippen LogP contribution in [0.25, 0.3) is 0 Å². The van der Waals surface area contributed by atoms with Crippen LogP contribution in [-0.2, 0) is 9.63 Å². The fourth-order valence-corrected chi connectivity index (χ4v) is 1.26. The summed E-state index contributed by atoms with van der Waals surface area (Å²) < 4.78 is 0. The molecule has 2 amide bonds. The lowest BCUT2D eigenvalue weighted by molar-refractivity contribution is -0.176. The molecule has 5 heteroatoms. The van der Waals surface area contributed by atoms with Crippen molar-refractivity contribution in [3.05, 3.63) is 0 Å². The first-order valence-electron chi connectivity index (χ1n) is 4.20. The number of carbonyl (C=O) groups excluding carboxylic acids is 2. The summed E-state index contributed by atoms with van der Waals surface area (Å²) in [4.78, 5) is 27.0. The Morgan fingerprint density at radius 1 is 1.62 bits per heavy atom. The second-order valence-corrected chi connectivity index (χ2v) is 3.63. The van der Waals surface area contributed by atoms with E-state index >= 15 is 0 Å². The summed E-state index contributed by atoms with van der Waals surface area (Å²) >= 11 is 0. The van der Waals surface area contributed by atoms with Gasteiger partial charge in [-0.3, -0.25) is 4.79 Å². The summed E-state index contributed by atoms with van der Waals surface area (Å²) in [7, 11) is 1.45. The van der Waals surface area contributed by atoms with E-state index in [0.29, 0.717) is 12.8 Å². The minimum atomic E-state index is -0.608. The van der Waals surface area contributed by atoms with Gasteiger partial charge in [0.15, 0.2) is 0 Å². The van der Waals surface area contributed by atoms with Gasteiger partial charge in [0.1, 0.15) is 0 Å². The highest BCUT2D eigenvalue weighted by atomic mass is 16.7. The van der Waals surface area contributed by atoms with Crippen LogP contribution in [0.2, 0.25) is 0 Å². The van der Waals surface area contributed by atoms with Crippen molar-refractivity contribution in [2.45, 2.75) is 32.2 Å².